The lowest BCUT2D eigenvalue weighted by molar-refractivity contribution is 0.713. The molecule has 4 heteroatoms. The van der Waals surface area contributed by atoms with Gasteiger partial charge in [0.05, 0.1) is 16.4 Å². The third-order valence-corrected chi connectivity index (χ3v) is 12.2. The van der Waals surface area contributed by atoms with Crippen molar-refractivity contribution < 1.29 is 0 Å². The first-order chi connectivity index (χ1) is 27.8. The Bertz CT molecular complexity index is 3020. The number of para-hydroxylation sites is 2. The highest BCUT2D eigenvalue weighted by molar-refractivity contribution is 6.09. The second-order valence-electron chi connectivity index (χ2n) is 15.0. The molecular weight excluding hydrogens is 681 g/mol. The van der Waals surface area contributed by atoms with Gasteiger partial charge in [-0.2, -0.15) is 0 Å². The van der Waals surface area contributed by atoms with Gasteiger partial charge in [0.25, 0.3) is 0 Å². The van der Waals surface area contributed by atoms with E-state index < -0.39 is 5.41 Å². The normalized spacial score (nSPS) is 16.4. The molecule has 0 aliphatic heterocycles. The van der Waals surface area contributed by atoms with E-state index in [1.165, 1.54) is 72.0 Å². The molecule has 4 nitrogen and oxygen atoms in total. The molecule has 1 unspecified atom stereocenters. The minimum Gasteiger partial charge on any atom is -0.309 e. The van der Waals surface area contributed by atoms with E-state index in [1.807, 2.05) is 36.4 Å². The second kappa shape index (κ2) is 11.9. The van der Waals surface area contributed by atoms with Crippen LogP contribution in [0.4, 0.5) is 0 Å². The maximum absolute atomic E-state index is 5.17. The summed E-state index contributed by atoms with van der Waals surface area (Å²) in [4.78, 5) is 15.3. The summed E-state index contributed by atoms with van der Waals surface area (Å²) >= 11 is 0. The third kappa shape index (κ3) is 4.32. The zero-order chi connectivity index (χ0) is 36.8. The molecule has 1 atom stereocenters. The highest BCUT2D eigenvalue weighted by Gasteiger charge is 2.53. The van der Waals surface area contributed by atoms with Gasteiger partial charge in [0.2, 0.25) is 0 Å². The Kier molecular flexibility index (Phi) is 6.64. The van der Waals surface area contributed by atoms with Crippen molar-refractivity contribution in [3.63, 3.8) is 0 Å². The van der Waals surface area contributed by atoms with Gasteiger partial charge >= 0.3 is 0 Å². The smallest absolute Gasteiger partial charge is 0.164 e. The van der Waals surface area contributed by atoms with Gasteiger partial charge in [0, 0.05) is 33.2 Å². The standard InChI is InChI=1S/C52H34N4/c1-3-15-33(16-4-1)49-53-50(34-17-5-2-6-18-34)55-51(54-49)35-27-29-39-40-30-28-36(56-47-25-13-9-21-41(47)42-22-10-14-26-48(42)56)32-46(40)52(45(39)31-35)43-23-11-7-19-37(43)38-20-8-12-24-44(38)52/h1-11,13-23,25-32H,12,24H2. The molecule has 0 fully saturated rings. The van der Waals surface area contributed by atoms with E-state index in [-0.39, 0.29) is 0 Å². The van der Waals surface area contributed by atoms with Crippen LogP contribution >= 0.6 is 0 Å². The van der Waals surface area contributed by atoms with Gasteiger partial charge in [0.1, 0.15) is 0 Å². The van der Waals surface area contributed by atoms with Gasteiger partial charge in [-0.05, 0) is 87.7 Å². The van der Waals surface area contributed by atoms with E-state index in [4.69, 9.17) is 15.0 Å². The second-order valence-corrected chi connectivity index (χ2v) is 15.0. The molecule has 262 valence electrons. The fourth-order valence-electron chi connectivity index (χ4n) is 9.86. The van der Waals surface area contributed by atoms with Crippen molar-refractivity contribution in [3.05, 3.63) is 210 Å². The Morgan fingerprint density at radius 1 is 0.446 bits per heavy atom. The molecule has 9 aromatic rings. The molecule has 56 heavy (non-hydrogen) atoms. The molecule has 0 radical (unpaired) electrons. The number of aromatic nitrogens is 4. The van der Waals surface area contributed by atoms with Gasteiger partial charge in [-0.15, -0.1) is 0 Å². The fourth-order valence-corrected chi connectivity index (χ4v) is 9.86. The lowest BCUT2D eigenvalue weighted by Gasteiger charge is -2.34. The Balaban J connectivity index is 1.13. The van der Waals surface area contributed by atoms with E-state index >= 15 is 0 Å². The Morgan fingerprint density at radius 2 is 1.00 bits per heavy atom. The van der Waals surface area contributed by atoms with Crippen molar-refractivity contribution >= 4 is 27.4 Å². The monoisotopic (exact) mass is 714 g/mol. The van der Waals surface area contributed by atoms with E-state index in [0.717, 1.165) is 29.5 Å². The quantitative estimate of drug-likeness (QED) is 0.182. The maximum atomic E-state index is 5.17. The van der Waals surface area contributed by atoms with E-state index in [2.05, 4.69) is 150 Å². The van der Waals surface area contributed by atoms with Crippen LogP contribution in [0.3, 0.4) is 0 Å². The molecule has 7 aromatic carbocycles. The van der Waals surface area contributed by atoms with Crippen molar-refractivity contribution in [2.45, 2.75) is 18.3 Å². The maximum Gasteiger partial charge on any atom is 0.164 e. The van der Waals surface area contributed by atoms with Crippen LogP contribution in [-0.4, -0.2) is 19.5 Å². The Labute approximate surface area is 324 Å². The summed E-state index contributed by atoms with van der Waals surface area (Å²) in [6.45, 7) is 0. The van der Waals surface area contributed by atoms with E-state index in [1.54, 1.807) is 0 Å². The first-order valence-electron chi connectivity index (χ1n) is 19.4. The average Bonchev–Trinajstić information content (AvgIpc) is 3.88. The summed E-state index contributed by atoms with van der Waals surface area (Å²) in [6.07, 6.45) is 6.72. The molecule has 12 rings (SSSR count). The van der Waals surface area contributed by atoms with Gasteiger partial charge in [-0.1, -0.05) is 152 Å². The molecular formula is C52H34N4. The van der Waals surface area contributed by atoms with Crippen LogP contribution in [0.2, 0.25) is 0 Å². The molecule has 2 aromatic heterocycles. The first-order valence-corrected chi connectivity index (χ1v) is 19.4. The average molecular weight is 715 g/mol. The van der Waals surface area contributed by atoms with Crippen LogP contribution < -0.4 is 0 Å². The summed E-state index contributed by atoms with van der Waals surface area (Å²) in [5.74, 6) is 2.00. The Morgan fingerprint density at radius 3 is 1.68 bits per heavy atom. The van der Waals surface area contributed by atoms with Gasteiger partial charge < -0.3 is 4.57 Å². The van der Waals surface area contributed by atoms with Crippen molar-refractivity contribution in [2.75, 3.05) is 0 Å². The van der Waals surface area contributed by atoms with Crippen molar-refractivity contribution in [3.8, 4) is 51.0 Å². The highest BCUT2D eigenvalue weighted by Crippen LogP contribution is 2.64. The van der Waals surface area contributed by atoms with Crippen LogP contribution in [0.25, 0.3) is 78.4 Å². The lowest BCUT2D eigenvalue weighted by Crippen LogP contribution is -2.28. The van der Waals surface area contributed by atoms with E-state index in [9.17, 15) is 0 Å². The predicted molar refractivity (Wildman–Crippen MR) is 228 cm³/mol. The predicted octanol–water partition coefficient (Wildman–Crippen LogP) is 12.4. The summed E-state index contributed by atoms with van der Waals surface area (Å²) in [5.41, 5.74) is 16.7. The minimum atomic E-state index is -0.469. The molecule has 0 bridgehead atoms. The molecule has 0 saturated heterocycles. The molecule has 0 N–H and O–H groups in total. The molecule has 3 aliphatic carbocycles. The van der Waals surface area contributed by atoms with E-state index in [0.29, 0.717) is 17.5 Å². The zero-order valence-corrected chi connectivity index (χ0v) is 30.5. The van der Waals surface area contributed by atoms with Crippen molar-refractivity contribution in [2.24, 2.45) is 0 Å². The number of allylic oxidation sites excluding steroid dienone is 4. The molecule has 3 aliphatic rings. The summed E-state index contributed by atoms with van der Waals surface area (Å²) < 4.78 is 2.45. The number of hydrogen-bond donors (Lipinski definition) is 0. The summed E-state index contributed by atoms with van der Waals surface area (Å²) in [7, 11) is 0. The topological polar surface area (TPSA) is 43.6 Å². The lowest BCUT2D eigenvalue weighted by atomic mass is 9.68. The number of fused-ring (bicyclic) bond motifs is 12. The summed E-state index contributed by atoms with van der Waals surface area (Å²) in [6, 6.07) is 61.2. The SMILES string of the molecule is C1=CC2=C(CC1)C1(c3ccccc32)c2cc(-c3nc(-c4ccccc4)nc(-c4ccccc4)n3)ccc2-c2ccc(-n3c4ccccc4c4ccccc43)cc21. The number of hydrogen-bond acceptors (Lipinski definition) is 3. The number of nitrogens with zero attached hydrogens (tertiary/aromatic N) is 4. The van der Waals surface area contributed by atoms with Gasteiger partial charge in [-0.25, -0.2) is 15.0 Å². The molecule has 0 saturated carbocycles. The van der Waals surface area contributed by atoms with Crippen LogP contribution in [0, 0.1) is 0 Å². The third-order valence-electron chi connectivity index (χ3n) is 12.2. The van der Waals surface area contributed by atoms with Crippen LogP contribution in [-0.2, 0) is 5.41 Å². The number of rotatable bonds is 4. The molecule has 1 spiro atoms. The van der Waals surface area contributed by atoms with Crippen molar-refractivity contribution in [1.82, 2.24) is 19.5 Å². The van der Waals surface area contributed by atoms with Crippen LogP contribution in [0.1, 0.15) is 35.1 Å². The number of benzene rings is 7. The first kappa shape index (κ1) is 31.2. The fraction of sp³-hybridized carbons (Fsp3) is 0.0577. The molecule has 0 amide bonds. The van der Waals surface area contributed by atoms with Crippen molar-refractivity contribution in [1.29, 1.82) is 0 Å². The highest BCUT2D eigenvalue weighted by atomic mass is 15.0. The minimum absolute atomic E-state index is 0.469. The van der Waals surface area contributed by atoms with Crippen LogP contribution in [0.5, 0.6) is 0 Å². The largest absolute Gasteiger partial charge is 0.309 e. The summed E-state index contributed by atoms with van der Waals surface area (Å²) in [5, 5.41) is 2.53. The van der Waals surface area contributed by atoms with Gasteiger partial charge in [0.15, 0.2) is 17.5 Å². The Hall–Kier alpha value is -7.17. The van der Waals surface area contributed by atoms with Gasteiger partial charge in [-0.3, -0.25) is 0 Å². The molecule has 2 heterocycles. The van der Waals surface area contributed by atoms with Crippen LogP contribution in [0.15, 0.2) is 188 Å². The zero-order valence-electron chi connectivity index (χ0n) is 30.5.